The Balaban J connectivity index is 2.69. The van der Waals surface area contributed by atoms with Gasteiger partial charge in [0.05, 0.1) is 0 Å². The van der Waals surface area contributed by atoms with Crippen molar-refractivity contribution in [3.8, 4) is 0 Å². The van der Waals surface area contributed by atoms with Crippen LogP contribution in [0.25, 0.3) is 0 Å². The fourth-order valence-electron chi connectivity index (χ4n) is 0.716. The van der Waals surface area contributed by atoms with Crippen LogP contribution in [-0.4, -0.2) is 30.0 Å². The van der Waals surface area contributed by atoms with Crippen LogP contribution < -0.4 is 5.32 Å². The average Bonchev–Trinajstić information content (AvgIpc) is 2.04. The van der Waals surface area contributed by atoms with Gasteiger partial charge in [-0.1, -0.05) is 0 Å². The van der Waals surface area contributed by atoms with Crippen LogP contribution in [0.1, 0.15) is 0 Å². The largest absolute Gasteiger partial charge is 0.331 e. The normalized spacial score (nSPS) is 9.46. The summed E-state index contributed by atoms with van der Waals surface area (Å²) >= 11 is 3.21. The van der Waals surface area contributed by atoms with Crippen LogP contribution in [0, 0.1) is 0 Å². The van der Waals surface area contributed by atoms with E-state index < -0.39 is 0 Å². The average molecular weight is 244 g/mol. The topological polar surface area (TPSA) is 45.2 Å². The molecular weight excluding hydrogens is 234 g/mol. The molecule has 0 radical (unpaired) electrons. The maximum absolute atomic E-state index is 11.2. The minimum Gasteiger partial charge on any atom is -0.331 e. The second-order valence-electron chi connectivity index (χ2n) is 2.69. The Morgan fingerprint density at radius 3 is 2.85 bits per heavy atom. The highest BCUT2D eigenvalue weighted by Gasteiger charge is 2.03. The quantitative estimate of drug-likeness (QED) is 0.767. The maximum atomic E-state index is 11.2. The Morgan fingerprint density at radius 1 is 1.62 bits per heavy atom. The number of carbonyl (C=O) groups excluding carboxylic acids is 1. The standard InChI is InChI=1S/C8H10BrN3O/c1-12(2)8(13)11-6-3-4-10-7(9)5-6/h3-5H,1-2H3,(H,10,11,13). The van der Waals surface area contributed by atoms with Crippen molar-refractivity contribution in [2.45, 2.75) is 0 Å². The molecule has 4 nitrogen and oxygen atoms in total. The summed E-state index contributed by atoms with van der Waals surface area (Å²) in [4.78, 5) is 16.6. The first-order valence-electron chi connectivity index (χ1n) is 3.69. The molecule has 2 amide bonds. The summed E-state index contributed by atoms with van der Waals surface area (Å²) in [7, 11) is 3.37. The number of amides is 2. The number of halogens is 1. The lowest BCUT2D eigenvalue weighted by atomic mass is 10.4. The number of nitrogens with one attached hydrogen (secondary N) is 1. The fraction of sp³-hybridized carbons (Fsp3) is 0.250. The van der Waals surface area contributed by atoms with Crippen LogP contribution in [0.4, 0.5) is 10.5 Å². The molecule has 0 bridgehead atoms. The molecule has 70 valence electrons. The van der Waals surface area contributed by atoms with E-state index in [1.165, 1.54) is 4.90 Å². The molecule has 1 aromatic heterocycles. The monoisotopic (exact) mass is 243 g/mol. The lowest BCUT2D eigenvalue weighted by Crippen LogP contribution is -2.27. The summed E-state index contributed by atoms with van der Waals surface area (Å²) in [6.07, 6.45) is 1.62. The van der Waals surface area contributed by atoms with E-state index in [0.717, 1.165) is 5.69 Å². The zero-order chi connectivity index (χ0) is 9.84. The van der Waals surface area contributed by atoms with E-state index in [0.29, 0.717) is 4.60 Å². The number of nitrogens with zero attached hydrogens (tertiary/aromatic N) is 2. The first-order valence-corrected chi connectivity index (χ1v) is 4.49. The lowest BCUT2D eigenvalue weighted by Gasteiger charge is -2.11. The number of anilines is 1. The maximum Gasteiger partial charge on any atom is 0.321 e. The van der Waals surface area contributed by atoms with Crippen molar-refractivity contribution in [3.05, 3.63) is 22.9 Å². The molecule has 0 aliphatic heterocycles. The van der Waals surface area contributed by atoms with E-state index >= 15 is 0 Å². The highest BCUT2D eigenvalue weighted by molar-refractivity contribution is 9.10. The lowest BCUT2D eigenvalue weighted by molar-refractivity contribution is 0.230. The second-order valence-corrected chi connectivity index (χ2v) is 3.50. The van der Waals surface area contributed by atoms with Crippen LogP contribution in [0.3, 0.4) is 0 Å². The van der Waals surface area contributed by atoms with Gasteiger partial charge in [-0.3, -0.25) is 0 Å². The van der Waals surface area contributed by atoms with E-state index in [1.807, 2.05) is 0 Å². The van der Waals surface area contributed by atoms with E-state index in [9.17, 15) is 4.79 Å². The van der Waals surface area contributed by atoms with Gasteiger partial charge in [-0.25, -0.2) is 9.78 Å². The predicted octanol–water partition coefficient (Wildman–Crippen LogP) is 1.94. The first-order chi connectivity index (χ1) is 6.09. The third-order valence-electron chi connectivity index (χ3n) is 1.38. The van der Waals surface area contributed by atoms with Crippen LogP contribution in [0.2, 0.25) is 0 Å². The van der Waals surface area contributed by atoms with E-state index in [1.54, 1.807) is 32.4 Å². The van der Waals surface area contributed by atoms with Crippen LogP contribution in [-0.2, 0) is 0 Å². The van der Waals surface area contributed by atoms with Gasteiger partial charge in [0.1, 0.15) is 4.60 Å². The van der Waals surface area contributed by atoms with Crippen LogP contribution in [0.5, 0.6) is 0 Å². The number of carbonyl (C=O) groups is 1. The Morgan fingerprint density at radius 2 is 2.31 bits per heavy atom. The summed E-state index contributed by atoms with van der Waals surface area (Å²) in [5.41, 5.74) is 0.723. The Labute approximate surface area is 85.1 Å². The van der Waals surface area contributed by atoms with Gasteiger partial charge in [-0.05, 0) is 28.1 Å². The van der Waals surface area contributed by atoms with Gasteiger partial charge in [0.15, 0.2) is 0 Å². The van der Waals surface area contributed by atoms with Gasteiger partial charge < -0.3 is 10.2 Å². The summed E-state index contributed by atoms with van der Waals surface area (Å²) in [6, 6.07) is 3.31. The van der Waals surface area contributed by atoms with Crippen molar-refractivity contribution >= 4 is 27.6 Å². The third kappa shape index (κ3) is 3.02. The molecule has 0 spiro atoms. The highest BCUT2D eigenvalue weighted by atomic mass is 79.9. The van der Waals surface area contributed by atoms with Gasteiger partial charge in [0.2, 0.25) is 0 Å². The predicted molar refractivity (Wildman–Crippen MR) is 54.6 cm³/mol. The zero-order valence-corrected chi connectivity index (χ0v) is 9.00. The van der Waals surface area contributed by atoms with E-state index in [2.05, 4.69) is 26.2 Å². The van der Waals surface area contributed by atoms with Gasteiger partial charge in [0, 0.05) is 26.0 Å². The van der Waals surface area contributed by atoms with Crippen LogP contribution in [0.15, 0.2) is 22.9 Å². The molecule has 0 saturated carbocycles. The molecule has 0 unspecified atom stereocenters. The van der Waals surface area contributed by atoms with Crippen molar-refractivity contribution in [2.24, 2.45) is 0 Å². The van der Waals surface area contributed by atoms with E-state index in [4.69, 9.17) is 0 Å². The molecule has 1 N–H and O–H groups in total. The smallest absolute Gasteiger partial charge is 0.321 e. The first kappa shape index (κ1) is 9.98. The van der Waals surface area contributed by atoms with Gasteiger partial charge in [-0.15, -0.1) is 0 Å². The molecule has 1 rings (SSSR count). The van der Waals surface area contributed by atoms with Gasteiger partial charge >= 0.3 is 6.03 Å². The SMILES string of the molecule is CN(C)C(=O)Nc1ccnc(Br)c1. The van der Waals surface area contributed by atoms with Crippen molar-refractivity contribution in [3.63, 3.8) is 0 Å². The summed E-state index contributed by atoms with van der Waals surface area (Å²) in [6.45, 7) is 0. The molecule has 13 heavy (non-hydrogen) atoms. The van der Waals surface area contributed by atoms with Gasteiger partial charge in [-0.2, -0.15) is 0 Å². The fourth-order valence-corrected chi connectivity index (χ4v) is 1.08. The number of aromatic nitrogens is 1. The third-order valence-corrected chi connectivity index (χ3v) is 1.82. The zero-order valence-electron chi connectivity index (χ0n) is 7.41. The molecule has 0 saturated heterocycles. The molecular formula is C8H10BrN3O. The Hall–Kier alpha value is -1.10. The van der Waals surface area contributed by atoms with Gasteiger partial charge in [0.25, 0.3) is 0 Å². The Bertz CT molecular complexity index is 314. The van der Waals surface area contributed by atoms with Crippen molar-refractivity contribution in [1.82, 2.24) is 9.88 Å². The number of rotatable bonds is 1. The van der Waals surface area contributed by atoms with Crippen molar-refractivity contribution in [1.29, 1.82) is 0 Å². The molecule has 1 heterocycles. The molecule has 0 atom stereocenters. The second kappa shape index (κ2) is 4.23. The molecule has 0 fully saturated rings. The highest BCUT2D eigenvalue weighted by Crippen LogP contribution is 2.12. The number of pyridine rings is 1. The minimum atomic E-state index is -0.155. The van der Waals surface area contributed by atoms with Crippen LogP contribution >= 0.6 is 15.9 Å². The molecule has 1 aromatic rings. The molecule has 0 aliphatic rings. The molecule has 5 heteroatoms. The summed E-state index contributed by atoms with van der Waals surface area (Å²) < 4.78 is 0.698. The number of hydrogen-bond donors (Lipinski definition) is 1. The van der Waals surface area contributed by atoms with Crippen molar-refractivity contribution in [2.75, 3.05) is 19.4 Å². The summed E-state index contributed by atoms with van der Waals surface area (Å²) in [5, 5.41) is 2.70. The minimum absolute atomic E-state index is 0.155. The van der Waals surface area contributed by atoms with E-state index in [-0.39, 0.29) is 6.03 Å². The summed E-state index contributed by atoms with van der Waals surface area (Å²) in [5.74, 6) is 0. The molecule has 0 aliphatic carbocycles. The molecule has 0 aromatic carbocycles. The number of hydrogen-bond acceptors (Lipinski definition) is 2. The Kier molecular flexibility index (Phi) is 3.25. The van der Waals surface area contributed by atoms with Crippen molar-refractivity contribution < 1.29 is 4.79 Å². The number of urea groups is 1.